The third-order valence-electron chi connectivity index (χ3n) is 3.03. The van der Waals surface area contributed by atoms with Crippen LogP contribution < -0.4 is 11.1 Å². The van der Waals surface area contributed by atoms with Crippen molar-refractivity contribution < 1.29 is 9.59 Å². The Labute approximate surface area is 116 Å². The van der Waals surface area contributed by atoms with Crippen molar-refractivity contribution in [1.29, 1.82) is 0 Å². The molecule has 3 amide bonds. The third kappa shape index (κ3) is 3.44. The molecule has 1 aliphatic rings. The Morgan fingerprint density at radius 3 is 2.90 bits per heavy atom. The van der Waals surface area contributed by atoms with Gasteiger partial charge in [-0.1, -0.05) is 0 Å². The second kappa shape index (κ2) is 5.87. The Morgan fingerprint density at radius 2 is 2.30 bits per heavy atom. The van der Waals surface area contributed by atoms with Crippen molar-refractivity contribution in [1.82, 2.24) is 24.8 Å². The molecule has 0 bridgehead atoms. The van der Waals surface area contributed by atoms with E-state index in [2.05, 4.69) is 15.5 Å². The summed E-state index contributed by atoms with van der Waals surface area (Å²) in [6.45, 7) is 1.29. The van der Waals surface area contributed by atoms with Gasteiger partial charge in [0.2, 0.25) is 5.91 Å². The largest absolute Gasteiger partial charge is 0.339 e. The SMILES string of the molecule is CN(C)C(=O)Nc1cnn(CC(=O)N2CCC(N)C2)n1. The van der Waals surface area contributed by atoms with Crippen molar-refractivity contribution in [2.24, 2.45) is 5.73 Å². The van der Waals surface area contributed by atoms with E-state index < -0.39 is 0 Å². The molecule has 1 aromatic rings. The number of nitrogens with one attached hydrogen (secondary N) is 1. The number of nitrogens with two attached hydrogens (primary N) is 1. The van der Waals surface area contributed by atoms with E-state index in [1.54, 1.807) is 19.0 Å². The highest BCUT2D eigenvalue weighted by molar-refractivity contribution is 5.87. The molecule has 1 fully saturated rings. The molecule has 110 valence electrons. The van der Waals surface area contributed by atoms with Gasteiger partial charge in [-0.3, -0.25) is 10.1 Å². The minimum Gasteiger partial charge on any atom is -0.339 e. The molecule has 0 radical (unpaired) electrons. The minimum atomic E-state index is -0.297. The predicted molar refractivity (Wildman–Crippen MR) is 71.9 cm³/mol. The molecule has 0 saturated carbocycles. The normalized spacial score (nSPS) is 18.1. The van der Waals surface area contributed by atoms with Crippen molar-refractivity contribution in [3.05, 3.63) is 6.20 Å². The second-order valence-electron chi connectivity index (χ2n) is 4.97. The predicted octanol–water partition coefficient (Wildman–Crippen LogP) is -1.07. The number of carbonyl (C=O) groups is 2. The first kappa shape index (κ1) is 14.3. The molecule has 2 rings (SSSR count). The number of amides is 3. The summed E-state index contributed by atoms with van der Waals surface area (Å²) in [5.74, 6) is 0.244. The lowest BCUT2D eigenvalue weighted by molar-refractivity contribution is -0.131. The van der Waals surface area contributed by atoms with Gasteiger partial charge < -0.3 is 15.5 Å². The number of hydrogen-bond acceptors (Lipinski definition) is 5. The van der Waals surface area contributed by atoms with Gasteiger partial charge in [0, 0.05) is 33.2 Å². The average Bonchev–Trinajstić information content (AvgIpc) is 2.98. The van der Waals surface area contributed by atoms with E-state index in [9.17, 15) is 9.59 Å². The van der Waals surface area contributed by atoms with E-state index in [-0.39, 0.29) is 24.5 Å². The summed E-state index contributed by atoms with van der Waals surface area (Å²) in [6.07, 6.45) is 2.23. The second-order valence-corrected chi connectivity index (χ2v) is 4.97. The standard InChI is InChI=1S/C11H19N7O2/c1-16(2)11(20)14-9-5-13-18(15-9)7-10(19)17-4-3-8(12)6-17/h5,8H,3-4,6-7,12H2,1-2H3,(H,14,15,20). The van der Waals surface area contributed by atoms with Crippen molar-refractivity contribution in [2.75, 3.05) is 32.5 Å². The first-order valence-corrected chi connectivity index (χ1v) is 6.37. The molecule has 20 heavy (non-hydrogen) atoms. The third-order valence-corrected chi connectivity index (χ3v) is 3.03. The van der Waals surface area contributed by atoms with E-state index in [0.717, 1.165) is 6.42 Å². The lowest BCUT2D eigenvalue weighted by Gasteiger charge is -2.14. The van der Waals surface area contributed by atoms with Gasteiger partial charge in [0.1, 0.15) is 6.54 Å². The van der Waals surface area contributed by atoms with Crippen LogP contribution in [0.1, 0.15) is 6.42 Å². The Bertz CT molecular complexity index is 499. The number of carbonyl (C=O) groups excluding carboxylic acids is 2. The number of nitrogens with zero attached hydrogens (tertiary/aromatic N) is 5. The lowest BCUT2D eigenvalue weighted by Crippen LogP contribution is -2.34. The molecule has 1 saturated heterocycles. The zero-order chi connectivity index (χ0) is 14.7. The highest BCUT2D eigenvalue weighted by Gasteiger charge is 2.24. The summed E-state index contributed by atoms with van der Waals surface area (Å²) in [6, 6.07) is -0.242. The maximum Gasteiger partial charge on any atom is 0.322 e. The van der Waals surface area contributed by atoms with Gasteiger partial charge in [0.25, 0.3) is 0 Å². The molecule has 9 nitrogen and oxygen atoms in total. The van der Waals surface area contributed by atoms with Crippen molar-refractivity contribution in [3.63, 3.8) is 0 Å². The fourth-order valence-electron chi connectivity index (χ4n) is 1.89. The van der Waals surface area contributed by atoms with E-state index in [4.69, 9.17) is 5.73 Å². The number of rotatable bonds is 3. The number of likely N-dealkylation sites (tertiary alicyclic amines) is 1. The van der Waals surface area contributed by atoms with Gasteiger partial charge >= 0.3 is 6.03 Å². The minimum absolute atomic E-state index is 0.0462. The van der Waals surface area contributed by atoms with Gasteiger partial charge in [-0.2, -0.15) is 9.90 Å². The summed E-state index contributed by atoms with van der Waals surface area (Å²) in [4.78, 5) is 27.8. The Morgan fingerprint density at radius 1 is 1.55 bits per heavy atom. The number of hydrogen-bond donors (Lipinski definition) is 2. The fraction of sp³-hybridized carbons (Fsp3) is 0.636. The first-order chi connectivity index (χ1) is 9.45. The fourth-order valence-corrected chi connectivity index (χ4v) is 1.89. The molecule has 1 atom stereocenters. The zero-order valence-corrected chi connectivity index (χ0v) is 11.6. The topological polar surface area (TPSA) is 109 Å². The van der Waals surface area contributed by atoms with Crippen LogP contribution in [0.5, 0.6) is 0 Å². The Kier molecular flexibility index (Phi) is 4.18. The number of anilines is 1. The quantitative estimate of drug-likeness (QED) is 0.733. The van der Waals surface area contributed by atoms with Gasteiger partial charge in [0.15, 0.2) is 5.82 Å². The molecule has 0 spiro atoms. The summed E-state index contributed by atoms with van der Waals surface area (Å²) in [5, 5.41) is 10.5. The first-order valence-electron chi connectivity index (χ1n) is 6.37. The number of urea groups is 1. The smallest absolute Gasteiger partial charge is 0.322 e. The molecule has 9 heteroatoms. The van der Waals surface area contributed by atoms with E-state index in [1.165, 1.54) is 15.9 Å². The monoisotopic (exact) mass is 281 g/mol. The lowest BCUT2D eigenvalue weighted by atomic mass is 10.3. The van der Waals surface area contributed by atoms with Crippen molar-refractivity contribution >= 4 is 17.8 Å². The van der Waals surface area contributed by atoms with Gasteiger partial charge in [-0.05, 0) is 6.42 Å². The highest BCUT2D eigenvalue weighted by Crippen LogP contribution is 2.08. The molecule has 0 aliphatic carbocycles. The number of aromatic nitrogens is 3. The van der Waals surface area contributed by atoms with Crippen LogP contribution in [0.2, 0.25) is 0 Å². The van der Waals surface area contributed by atoms with Crippen LogP contribution in [-0.4, -0.2) is 70.0 Å². The van der Waals surface area contributed by atoms with Crippen LogP contribution >= 0.6 is 0 Å². The average molecular weight is 281 g/mol. The van der Waals surface area contributed by atoms with E-state index in [0.29, 0.717) is 18.9 Å². The van der Waals surface area contributed by atoms with Crippen LogP contribution in [0.25, 0.3) is 0 Å². The zero-order valence-electron chi connectivity index (χ0n) is 11.6. The molecule has 1 aliphatic heterocycles. The van der Waals surface area contributed by atoms with Gasteiger partial charge in [-0.25, -0.2) is 4.79 Å². The maximum atomic E-state index is 12.0. The van der Waals surface area contributed by atoms with Crippen LogP contribution in [-0.2, 0) is 11.3 Å². The summed E-state index contributed by atoms with van der Waals surface area (Å²) < 4.78 is 0. The molecule has 3 N–H and O–H groups in total. The Balaban J connectivity index is 1.89. The molecular formula is C11H19N7O2. The van der Waals surface area contributed by atoms with Crippen LogP contribution in [0.15, 0.2) is 6.20 Å². The summed E-state index contributed by atoms with van der Waals surface area (Å²) in [7, 11) is 3.25. The van der Waals surface area contributed by atoms with Crippen molar-refractivity contribution in [3.8, 4) is 0 Å². The summed E-state index contributed by atoms with van der Waals surface area (Å²) in [5.41, 5.74) is 5.76. The van der Waals surface area contributed by atoms with Crippen molar-refractivity contribution in [2.45, 2.75) is 19.0 Å². The van der Waals surface area contributed by atoms with Crippen LogP contribution in [0.3, 0.4) is 0 Å². The van der Waals surface area contributed by atoms with Gasteiger partial charge in [-0.15, -0.1) is 5.10 Å². The Hall–Kier alpha value is -2.16. The molecule has 1 aromatic heterocycles. The maximum absolute atomic E-state index is 12.0. The summed E-state index contributed by atoms with van der Waals surface area (Å²) >= 11 is 0. The highest BCUT2D eigenvalue weighted by atomic mass is 16.2. The molecule has 0 aromatic carbocycles. The molecule has 2 heterocycles. The van der Waals surface area contributed by atoms with Crippen LogP contribution in [0.4, 0.5) is 10.6 Å². The van der Waals surface area contributed by atoms with E-state index >= 15 is 0 Å². The molecule has 1 unspecified atom stereocenters. The van der Waals surface area contributed by atoms with Crippen LogP contribution in [0, 0.1) is 0 Å². The molecular weight excluding hydrogens is 262 g/mol. The van der Waals surface area contributed by atoms with E-state index in [1.807, 2.05) is 0 Å². The van der Waals surface area contributed by atoms with Gasteiger partial charge in [0.05, 0.1) is 6.20 Å².